The zero-order valence-electron chi connectivity index (χ0n) is 20.2. The Labute approximate surface area is 219 Å². The third kappa shape index (κ3) is 6.95. The fourth-order valence-corrected chi connectivity index (χ4v) is 4.60. The van der Waals surface area contributed by atoms with Gasteiger partial charge in [0.15, 0.2) is 0 Å². The van der Waals surface area contributed by atoms with Crippen LogP contribution in [0.15, 0.2) is 65.5 Å². The fourth-order valence-electron chi connectivity index (χ4n) is 4.13. The Kier molecular flexibility index (Phi) is 8.77. The number of ether oxygens (including phenoxy) is 1. The maximum absolute atomic E-state index is 13.5. The van der Waals surface area contributed by atoms with Crippen LogP contribution in [-0.2, 0) is 40.8 Å². The third-order valence-corrected chi connectivity index (χ3v) is 6.66. The van der Waals surface area contributed by atoms with Crippen molar-refractivity contribution in [2.45, 2.75) is 25.0 Å². The summed E-state index contributed by atoms with van der Waals surface area (Å²) < 4.78 is 68.4. The molecule has 1 fully saturated rings. The van der Waals surface area contributed by atoms with Crippen molar-refractivity contribution in [2.75, 3.05) is 26.3 Å². The Morgan fingerprint density at radius 2 is 1.71 bits per heavy atom. The van der Waals surface area contributed by atoms with Crippen LogP contribution in [-0.4, -0.2) is 50.4 Å². The SMILES string of the molecule is O=C(NCc1ccc(CS(=O)[O-])cc1)c1ccc(CN2CCOCC2)n(-c2cccc(C(F)(F)F)c2)c1=O. The van der Waals surface area contributed by atoms with Gasteiger partial charge in [-0.1, -0.05) is 41.4 Å². The van der Waals surface area contributed by atoms with Crippen LogP contribution in [0.4, 0.5) is 13.2 Å². The highest BCUT2D eigenvalue weighted by Gasteiger charge is 2.31. The monoisotopic (exact) mass is 548 g/mol. The van der Waals surface area contributed by atoms with Gasteiger partial charge in [-0.2, -0.15) is 13.2 Å². The van der Waals surface area contributed by atoms with Crippen molar-refractivity contribution in [3.8, 4) is 5.69 Å². The third-order valence-electron chi connectivity index (χ3n) is 6.09. The summed E-state index contributed by atoms with van der Waals surface area (Å²) in [6.45, 7) is 2.56. The van der Waals surface area contributed by atoms with Gasteiger partial charge in [0.25, 0.3) is 11.5 Å². The van der Waals surface area contributed by atoms with Gasteiger partial charge in [0, 0.05) is 43.3 Å². The summed E-state index contributed by atoms with van der Waals surface area (Å²) in [6.07, 6.45) is -4.60. The lowest BCUT2D eigenvalue weighted by Gasteiger charge is -2.28. The number of nitrogens with zero attached hydrogens (tertiary/aromatic N) is 2. The number of hydrogen-bond acceptors (Lipinski definition) is 6. The molecule has 0 saturated carbocycles. The minimum Gasteiger partial charge on any atom is -0.772 e. The number of rotatable bonds is 8. The molecule has 1 atom stereocenters. The predicted octanol–water partition coefficient (Wildman–Crippen LogP) is 3.00. The van der Waals surface area contributed by atoms with Crippen molar-refractivity contribution in [2.24, 2.45) is 0 Å². The zero-order valence-corrected chi connectivity index (χ0v) is 21.0. The van der Waals surface area contributed by atoms with Crippen LogP contribution < -0.4 is 10.9 Å². The number of aromatic nitrogens is 1. The lowest BCUT2D eigenvalue weighted by atomic mass is 10.1. The van der Waals surface area contributed by atoms with E-state index in [-0.39, 0.29) is 30.1 Å². The second-order valence-corrected chi connectivity index (χ2v) is 9.66. The summed E-state index contributed by atoms with van der Waals surface area (Å²) in [6, 6.07) is 14.0. The molecule has 1 saturated heterocycles. The molecule has 2 aromatic carbocycles. The molecule has 1 amide bonds. The summed E-state index contributed by atoms with van der Waals surface area (Å²) in [4.78, 5) is 28.5. The van der Waals surface area contributed by atoms with Gasteiger partial charge < -0.3 is 14.6 Å². The van der Waals surface area contributed by atoms with Gasteiger partial charge in [-0.15, -0.1) is 0 Å². The Hall–Kier alpha value is -3.32. The Morgan fingerprint density at radius 3 is 2.37 bits per heavy atom. The number of amides is 1. The first-order valence-corrected chi connectivity index (χ1v) is 13.0. The van der Waals surface area contributed by atoms with E-state index >= 15 is 0 Å². The maximum Gasteiger partial charge on any atom is 0.416 e. The summed E-state index contributed by atoms with van der Waals surface area (Å²) in [5, 5.41) is 2.65. The second-order valence-electron chi connectivity index (χ2n) is 8.76. The van der Waals surface area contributed by atoms with Gasteiger partial charge in [0.2, 0.25) is 0 Å². The number of nitrogens with one attached hydrogen (secondary N) is 1. The highest BCUT2D eigenvalue weighted by atomic mass is 32.2. The van der Waals surface area contributed by atoms with E-state index in [2.05, 4.69) is 5.32 Å². The molecule has 12 heteroatoms. The predicted molar refractivity (Wildman–Crippen MR) is 133 cm³/mol. The summed E-state index contributed by atoms with van der Waals surface area (Å²) in [5.74, 6) is -0.809. The standard InChI is InChI=1S/C26H26F3N3O5S/c27-26(28,29)20-2-1-3-21(14-20)32-22(16-31-10-12-37-13-11-31)8-9-23(25(32)34)24(33)30-15-18-4-6-19(7-5-18)17-38(35)36/h1-9,14H,10-13,15-17H2,(H,30,33)(H,35,36)/p-1. The van der Waals surface area contributed by atoms with Gasteiger partial charge in [-0.05, 0) is 41.5 Å². The summed E-state index contributed by atoms with van der Waals surface area (Å²) in [5.41, 5.74) is -0.131. The van der Waals surface area contributed by atoms with E-state index in [1.807, 2.05) is 4.90 Å². The molecule has 0 aliphatic carbocycles. The number of halogens is 3. The molecule has 1 aliphatic heterocycles. The molecule has 38 heavy (non-hydrogen) atoms. The van der Waals surface area contributed by atoms with Crippen molar-refractivity contribution in [3.05, 3.63) is 99.0 Å². The molecule has 1 unspecified atom stereocenters. The molecule has 202 valence electrons. The van der Waals surface area contributed by atoms with E-state index in [4.69, 9.17) is 4.74 Å². The zero-order chi connectivity index (χ0) is 27.3. The van der Waals surface area contributed by atoms with Crippen molar-refractivity contribution in [1.82, 2.24) is 14.8 Å². The molecule has 1 aliphatic rings. The molecule has 0 radical (unpaired) electrons. The van der Waals surface area contributed by atoms with Crippen molar-refractivity contribution < 1.29 is 31.5 Å². The summed E-state index contributed by atoms with van der Waals surface area (Å²) in [7, 11) is 0. The molecule has 8 nitrogen and oxygen atoms in total. The largest absolute Gasteiger partial charge is 0.772 e. The van der Waals surface area contributed by atoms with Crippen LogP contribution >= 0.6 is 0 Å². The van der Waals surface area contributed by atoms with Crippen molar-refractivity contribution in [1.29, 1.82) is 0 Å². The van der Waals surface area contributed by atoms with Gasteiger partial charge in [0.1, 0.15) is 5.56 Å². The fraction of sp³-hybridized carbons (Fsp3) is 0.308. The van der Waals surface area contributed by atoms with E-state index in [9.17, 15) is 31.5 Å². The van der Waals surface area contributed by atoms with E-state index in [1.165, 1.54) is 18.2 Å². The van der Waals surface area contributed by atoms with E-state index in [0.29, 0.717) is 43.1 Å². The first kappa shape index (κ1) is 27.7. The van der Waals surface area contributed by atoms with Crippen molar-refractivity contribution >= 4 is 17.0 Å². The smallest absolute Gasteiger partial charge is 0.416 e. The Balaban J connectivity index is 1.63. The number of pyridine rings is 1. The lowest BCUT2D eigenvalue weighted by Crippen LogP contribution is -2.38. The molecule has 0 bridgehead atoms. The number of morpholine rings is 1. The number of hydrogen-bond donors (Lipinski definition) is 1. The number of alkyl halides is 3. The Bertz CT molecular complexity index is 1370. The minimum absolute atomic E-state index is 0.00841. The molecule has 1 aromatic heterocycles. The minimum atomic E-state index is -4.60. The topological polar surface area (TPSA) is 104 Å². The van der Waals surface area contributed by atoms with Crippen LogP contribution in [0.5, 0.6) is 0 Å². The number of carbonyl (C=O) groups excluding carboxylic acids is 1. The van der Waals surface area contributed by atoms with Gasteiger partial charge in [-0.25, -0.2) is 0 Å². The van der Waals surface area contributed by atoms with E-state index in [1.54, 1.807) is 30.3 Å². The average molecular weight is 549 g/mol. The highest BCUT2D eigenvalue weighted by Crippen LogP contribution is 2.30. The van der Waals surface area contributed by atoms with Gasteiger partial charge >= 0.3 is 6.18 Å². The summed E-state index contributed by atoms with van der Waals surface area (Å²) >= 11 is -2.22. The molecular weight excluding hydrogens is 523 g/mol. The molecular formula is C26H25F3N3O5S-. The van der Waals surface area contributed by atoms with E-state index in [0.717, 1.165) is 16.7 Å². The quantitative estimate of drug-likeness (QED) is 0.434. The van der Waals surface area contributed by atoms with E-state index < -0.39 is 34.3 Å². The maximum atomic E-state index is 13.5. The highest BCUT2D eigenvalue weighted by molar-refractivity contribution is 7.78. The van der Waals surface area contributed by atoms with Crippen LogP contribution in [0.1, 0.15) is 32.7 Å². The number of carbonyl (C=O) groups is 1. The molecule has 3 aromatic rings. The average Bonchev–Trinajstić information content (AvgIpc) is 2.88. The van der Waals surface area contributed by atoms with Crippen LogP contribution in [0.25, 0.3) is 5.69 Å². The van der Waals surface area contributed by atoms with Crippen LogP contribution in [0, 0.1) is 0 Å². The lowest BCUT2D eigenvalue weighted by molar-refractivity contribution is -0.137. The van der Waals surface area contributed by atoms with Crippen LogP contribution in [0.3, 0.4) is 0 Å². The van der Waals surface area contributed by atoms with Crippen LogP contribution in [0.2, 0.25) is 0 Å². The first-order chi connectivity index (χ1) is 18.1. The molecule has 1 N–H and O–H groups in total. The van der Waals surface area contributed by atoms with Gasteiger partial charge in [0.05, 0.1) is 18.8 Å². The molecule has 2 heterocycles. The van der Waals surface area contributed by atoms with Crippen molar-refractivity contribution in [3.63, 3.8) is 0 Å². The number of benzene rings is 2. The molecule has 4 rings (SSSR count). The normalized spacial score (nSPS) is 15.3. The Morgan fingerprint density at radius 1 is 1.03 bits per heavy atom. The first-order valence-electron chi connectivity index (χ1n) is 11.8. The second kappa shape index (κ2) is 12.0. The van der Waals surface area contributed by atoms with Gasteiger partial charge in [-0.3, -0.25) is 23.3 Å². The molecule has 0 spiro atoms.